The lowest BCUT2D eigenvalue weighted by molar-refractivity contribution is 0.164. The van der Waals surface area contributed by atoms with Crippen LogP contribution in [-0.4, -0.2) is 37.6 Å². The Morgan fingerprint density at radius 1 is 1.42 bits per heavy atom. The maximum Gasteiger partial charge on any atom is 0.0866 e. The van der Waals surface area contributed by atoms with Crippen molar-refractivity contribution < 1.29 is 0 Å². The molecule has 0 radical (unpaired) electrons. The summed E-state index contributed by atoms with van der Waals surface area (Å²) < 4.78 is 0. The third-order valence-corrected chi connectivity index (χ3v) is 3.08. The van der Waals surface area contributed by atoms with Gasteiger partial charge in [-0.15, -0.1) is 0 Å². The van der Waals surface area contributed by atoms with Crippen LogP contribution in [0.25, 0.3) is 0 Å². The summed E-state index contributed by atoms with van der Waals surface area (Å²) in [5.74, 6) is 1.70. The van der Waals surface area contributed by atoms with Crippen molar-refractivity contribution in [3.8, 4) is 6.07 Å². The second kappa shape index (κ2) is 3.42. The van der Waals surface area contributed by atoms with Crippen LogP contribution in [0.15, 0.2) is 0 Å². The van der Waals surface area contributed by atoms with E-state index in [1.807, 2.05) is 0 Å². The van der Waals surface area contributed by atoms with Crippen molar-refractivity contribution in [2.45, 2.75) is 6.42 Å². The Labute approximate surface area is 73.3 Å². The molecule has 0 bridgehead atoms. The second-order valence-corrected chi connectivity index (χ2v) is 3.86. The summed E-state index contributed by atoms with van der Waals surface area (Å²) in [6.45, 7) is 5.22. The van der Waals surface area contributed by atoms with Gasteiger partial charge in [0.15, 0.2) is 0 Å². The Bertz CT molecular complexity index is 196. The summed E-state index contributed by atoms with van der Waals surface area (Å²) >= 11 is 0. The van der Waals surface area contributed by atoms with Crippen molar-refractivity contribution >= 4 is 0 Å². The number of nitrogens with one attached hydrogen (secondary N) is 1. The Hall–Kier alpha value is -0.590. The van der Waals surface area contributed by atoms with Gasteiger partial charge >= 0.3 is 0 Å². The molecule has 0 saturated carbocycles. The SMILES string of the molecule is N#CCN1CCC2CNCC2C1. The van der Waals surface area contributed by atoms with Crippen molar-refractivity contribution in [1.29, 1.82) is 5.26 Å². The largest absolute Gasteiger partial charge is 0.316 e. The molecule has 2 heterocycles. The van der Waals surface area contributed by atoms with Gasteiger partial charge < -0.3 is 5.32 Å². The molecular weight excluding hydrogens is 150 g/mol. The smallest absolute Gasteiger partial charge is 0.0866 e. The van der Waals surface area contributed by atoms with Crippen molar-refractivity contribution in [3.63, 3.8) is 0 Å². The van der Waals surface area contributed by atoms with Crippen molar-refractivity contribution in [2.24, 2.45) is 11.8 Å². The highest BCUT2D eigenvalue weighted by Crippen LogP contribution is 2.25. The lowest BCUT2D eigenvalue weighted by atomic mass is 9.89. The van der Waals surface area contributed by atoms with Crippen LogP contribution in [0.3, 0.4) is 0 Å². The van der Waals surface area contributed by atoms with Crippen molar-refractivity contribution in [2.75, 3.05) is 32.7 Å². The fourth-order valence-corrected chi connectivity index (χ4v) is 2.35. The van der Waals surface area contributed by atoms with Gasteiger partial charge in [0.2, 0.25) is 0 Å². The maximum atomic E-state index is 8.55. The molecule has 2 atom stereocenters. The predicted octanol–water partition coefficient (Wildman–Crippen LogP) is 0.0513. The second-order valence-electron chi connectivity index (χ2n) is 3.86. The van der Waals surface area contributed by atoms with Gasteiger partial charge in [0.05, 0.1) is 12.6 Å². The lowest BCUT2D eigenvalue weighted by Gasteiger charge is -2.32. The summed E-state index contributed by atoms with van der Waals surface area (Å²) in [7, 11) is 0. The van der Waals surface area contributed by atoms with E-state index >= 15 is 0 Å². The minimum Gasteiger partial charge on any atom is -0.316 e. The van der Waals surface area contributed by atoms with E-state index in [1.54, 1.807) is 0 Å². The molecule has 3 nitrogen and oxygen atoms in total. The highest BCUT2D eigenvalue weighted by Gasteiger charge is 2.32. The summed E-state index contributed by atoms with van der Waals surface area (Å²) in [6, 6.07) is 2.22. The normalized spacial score (nSPS) is 35.9. The molecule has 0 aliphatic carbocycles. The van der Waals surface area contributed by atoms with E-state index in [9.17, 15) is 0 Å². The average Bonchev–Trinajstić information content (AvgIpc) is 2.51. The van der Waals surface area contributed by atoms with Gasteiger partial charge in [-0.05, 0) is 37.9 Å². The zero-order chi connectivity index (χ0) is 8.39. The van der Waals surface area contributed by atoms with Crippen LogP contribution in [0.4, 0.5) is 0 Å². The Kier molecular flexibility index (Phi) is 2.29. The zero-order valence-electron chi connectivity index (χ0n) is 7.29. The predicted molar refractivity (Wildman–Crippen MR) is 46.5 cm³/mol. The van der Waals surface area contributed by atoms with Gasteiger partial charge in [0.25, 0.3) is 0 Å². The van der Waals surface area contributed by atoms with Crippen LogP contribution in [0.1, 0.15) is 6.42 Å². The standard InChI is InChI=1S/C9H15N3/c10-2-4-12-3-1-8-5-11-6-9(8)7-12/h8-9,11H,1,3-7H2. The first-order valence-corrected chi connectivity index (χ1v) is 4.70. The first-order valence-electron chi connectivity index (χ1n) is 4.70. The Balaban J connectivity index is 1.89. The van der Waals surface area contributed by atoms with Gasteiger partial charge in [0, 0.05) is 6.54 Å². The van der Waals surface area contributed by atoms with E-state index in [1.165, 1.54) is 13.0 Å². The summed E-state index contributed by atoms with van der Waals surface area (Å²) in [5.41, 5.74) is 0. The molecule has 2 fully saturated rings. The number of fused-ring (bicyclic) bond motifs is 1. The quantitative estimate of drug-likeness (QED) is 0.558. The molecule has 1 N–H and O–H groups in total. The first kappa shape index (κ1) is 8.03. The van der Waals surface area contributed by atoms with Crippen molar-refractivity contribution in [3.05, 3.63) is 0 Å². The number of hydrogen-bond acceptors (Lipinski definition) is 3. The molecule has 0 aromatic heterocycles. The molecular formula is C9H15N3. The number of nitriles is 1. The minimum atomic E-state index is 0.614. The van der Waals surface area contributed by atoms with Crippen LogP contribution >= 0.6 is 0 Å². The molecule has 2 saturated heterocycles. The minimum absolute atomic E-state index is 0.614. The fraction of sp³-hybridized carbons (Fsp3) is 0.889. The van der Waals surface area contributed by atoms with E-state index in [4.69, 9.17) is 5.26 Å². The molecule has 2 aliphatic heterocycles. The van der Waals surface area contributed by atoms with Crippen LogP contribution in [0, 0.1) is 23.2 Å². The first-order chi connectivity index (χ1) is 5.90. The Morgan fingerprint density at radius 3 is 3.08 bits per heavy atom. The molecule has 0 aromatic rings. The lowest BCUT2D eigenvalue weighted by Crippen LogP contribution is -2.40. The van der Waals surface area contributed by atoms with Crippen LogP contribution in [0.2, 0.25) is 0 Å². The third-order valence-electron chi connectivity index (χ3n) is 3.08. The topological polar surface area (TPSA) is 39.1 Å². The van der Waals surface area contributed by atoms with E-state index < -0.39 is 0 Å². The number of hydrogen-bond donors (Lipinski definition) is 1. The van der Waals surface area contributed by atoms with Gasteiger partial charge in [-0.2, -0.15) is 5.26 Å². The average molecular weight is 165 g/mol. The number of likely N-dealkylation sites (tertiary alicyclic amines) is 1. The monoisotopic (exact) mass is 165 g/mol. The molecule has 3 heteroatoms. The molecule has 2 unspecified atom stereocenters. The maximum absolute atomic E-state index is 8.55. The zero-order valence-corrected chi connectivity index (χ0v) is 7.29. The summed E-state index contributed by atoms with van der Waals surface area (Å²) in [4.78, 5) is 2.27. The van der Waals surface area contributed by atoms with Crippen LogP contribution in [-0.2, 0) is 0 Å². The van der Waals surface area contributed by atoms with Crippen LogP contribution in [0.5, 0.6) is 0 Å². The number of nitrogens with zero attached hydrogens (tertiary/aromatic N) is 2. The van der Waals surface area contributed by atoms with Crippen molar-refractivity contribution in [1.82, 2.24) is 10.2 Å². The summed E-state index contributed by atoms with van der Waals surface area (Å²) in [6.07, 6.45) is 1.28. The molecule has 0 spiro atoms. The molecule has 66 valence electrons. The molecule has 0 amide bonds. The highest BCUT2D eigenvalue weighted by molar-refractivity contribution is 4.90. The van der Waals surface area contributed by atoms with Gasteiger partial charge in [-0.3, -0.25) is 4.90 Å². The molecule has 2 rings (SSSR count). The molecule has 0 aromatic carbocycles. The van der Waals surface area contributed by atoms with E-state index in [0.29, 0.717) is 6.54 Å². The molecule has 12 heavy (non-hydrogen) atoms. The van der Waals surface area contributed by atoms with Gasteiger partial charge in [-0.1, -0.05) is 0 Å². The third kappa shape index (κ3) is 1.45. The van der Waals surface area contributed by atoms with Crippen LogP contribution < -0.4 is 5.32 Å². The fourth-order valence-electron chi connectivity index (χ4n) is 2.35. The summed E-state index contributed by atoms with van der Waals surface area (Å²) in [5, 5.41) is 12.0. The number of rotatable bonds is 1. The van der Waals surface area contributed by atoms with Gasteiger partial charge in [0.1, 0.15) is 0 Å². The van der Waals surface area contributed by atoms with E-state index in [0.717, 1.165) is 31.5 Å². The highest BCUT2D eigenvalue weighted by atomic mass is 15.1. The molecule has 2 aliphatic rings. The van der Waals surface area contributed by atoms with Gasteiger partial charge in [-0.25, -0.2) is 0 Å². The van der Waals surface area contributed by atoms with E-state index in [-0.39, 0.29) is 0 Å². The Morgan fingerprint density at radius 2 is 2.25 bits per heavy atom. The number of piperidine rings is 1. The van der Waals surface area contributed by atoms with E-state index in [2.05, 4.69) is 16.3 Å².